The van der Waals surface area contributed by atoms with Crippen molar-refractivity contribution in [3.8, 4) is 11.5 Å². The van der Waals surface area contributed by atoms with Gasteiger partial charge in [-0.15, -0.1) is 0 Å². The first-order valence-electron chi connectivity index (χ1n) is 10.00. The number of pyridine rings is 1. The van der Waals surface area contributed by atoms with Gasteiger partial charge in [-0.25, -0.2) is 13.4 Å². The molecule has 35 heavy (non-hydrogen) atoms. The maximum atomic E-state index is 13.0. The smallest absolute Gasteiger partial charge is 0.261 e. The molecule has 0 spiro atoms. The summed E-state index contributed by atoms with van der Waals surface area (Å²) in [4.78, 5) is 17.0. The van der Waals surface area contributed by atoms with Gasteiger partial charge in [0.05, 0.1) is 21.2 Å². The molecule has 2 N–H and O–H groups in total. The fourth-order valence-corrected chi connectivity index (χ4v) is 4.77. The van der Waals surface area contributed by atoms with E-state index in [9.17, 15) is 13.2 Å². The first-order valence-corrected chi connectivity index (χ1v) is 13.0. The molecule has 1 amide bonds. The summed E-state index contributed by atoms with van der Waals surface area (Å²) in [6, 6.07) is 22.0. The van der Waals surface area contributed by atoms with Gasteiger partial charge in [-0.05, 0) is 82.7 Å². The van der Waals surface area contributed by atoms with Gasteiger partial charge >= 0.3 is 0 Å². The van der Waals surface area contributed by atoms with Crippen LogP contribution in [0.2, 0.25) is 10.0 Å². The fourth-order valence-electron chi connectivity index (χ4n) is 3.00. The maximum Gasteiger partial charge on any atom is 0.261 e. The largest absolute Gasteiger partial charge is 0.456 e. The van der Waals surface area contributed by atoms with Crippen LogP contribution >= 0.6 is 39.1 Å². The molecule has 0 saturated heterocycles. The molecule has 0 saturated carbocycles. The Morgan fingerprint density at radius 3 is 2.37 bits per heavy atom. The number of anilines is 2. The van der Waals surface area contributed by atoms with Crippen molar-refractivity contribution in [2.45, 2.75) is 4.90 Å². The van der Waals surface area contributed by atoms with Crippen molar-refractivity contribution in [3.63, 3.8) is 0 Å². The Balaban J connectivity index is 1.55. The van der Waals surface area contributed by atoms with Gasteiger partial charge in [0.1, 0.15) is 21.9 Å². The van der Waals surface area contributed by atoms with E-state index in [-0.39, 0.29) is 27.0 Å². The highest BCUT2D eigenvalue weighted by Gasteiger charge is 2.20. The van der Waals surface area contributed by atoms with Gasteiger partial charge in [0.15, 0.2) is 0 Å². The zero-order valence-corrected chi connectivity index (χ0v) is 21.6. The zero-order chi connectivity index (χ0) is 25.0. The van der Waals surface area contributed by atoms with Crippen molar-refractivity contribution in [3.05, 3.63) is 105 Å². The molecular weight excluding hydrogens is 577 g/mol. The number of aromatic nitrogens is 1. The minimum Gasteiger partial charge on any atom is -0.456 e. The molecule has 3 aromatic carbocycles. The highest BCUT2D eigenvalue weighted by atomic mass is 79.9. The molecule has 0 aliphatic carbocycles. The molecule has 11 heteroatoms. The van der Waals surface area contributed by atoms with Crippen LogP contribution in [0.1, 0.15) is 10.4 Å². The van der Waals surface area contributed by atoms with Crippen LogP contribution in [0.3, 0.4) is 0 Å². The minimum atomic E-state index is -4.04. The third-order valence-electron chi connectivity index (χ3n) is 4.63. The Labute approximate surface area is 220 Å². The molecule has 4 rings (SSSR count). The lowest BCUT2D eigenvalue weighted by Gasteiger charge is -2.14. The summed E-state index contributed by atoms with van der Waals surface area (Å²) in [5.41, 5.74) is 0.0832. The molecule has 0 atom stereocenters. The van der Waals surface area contributed by atoms with Crippen molar-refractivity contribution in [1.82, 2.24) is 4.98 Å². The summed E-state index contributed by atoms with van der Waals surface area (Å²) in [6.07, 6.45) is 0. The number of ether oxygens (including phenoxy) is 1. The first kappa shape index (κ1) is 25.0. The summed E-state index contributed by atoms with van der Waals surface area (Å²) in [7, 11) is -4.04. The third kappa shape index (κ3) is 6.32. The topological polar surface area (TPSA) is 97.4 Å². The Kier molecular flexibility index (Phi) is 7.61. The summed E-state index contributed by atoms with van der Waals surface area (Å²) in [5, 5.41) is 3.32. The number of amides is 1. The molecule has 4 aromatic rings. The van der Waals surface area contributed by atoms with Crippen LogP contribution < -0.4 is 14.8 Å². The Bertz CT molecular complexity index is 1500. The van der Waals surface area contributed by atoms with Crippen molar-refractivity contribution in [2.75, 3.05) is 10.0 Å². The van der Waals surface area contributed by atoms with E-state index in [1.807, 2.05) is 0 Å². The number of benzene rings is 3. The van der Waals surface area contributed by atoms with E-state index >= 15 is 0 Å². The number of para-hydroxylation sites is 1. The number of nitrogens with zero attached hydrogens (tertiary/aromatic N) is 1. The van der Waals surface area contributed by atoms with E-state index in [2.05, 4.69) is 31.0 Å². The van der Waals surface area contributed by atoms with Crippen LogP contribution in [-0.4, -0.2) is 19.3 Å². The van der Waals surface area contributed by atoms with Crippen LogP contribution in [0.5, 0.6) is 11.5 Å². The molecule has 178 valence electrons. The predicted molar refractivity (Wildman–Crippen MR) is 140 cm³/mol. The molecule has 0 aliphatic rings. The molecule has 0 fully saturated rings. The van der Waals surface area contributed by atoms with Gasteiger partial charge in [-0.3, -0.25) is 9.52 Å². The second-order valence-electron chi connectivity index (χ2n) is 7.10. The van der Waals surface area contributed by atoms with Crippen molar-refractivity contribution in [1.29, 1.82) is 0 Å². The molecule has 0 unspecified atom stereocenters. The SMILES string of the molecule is O=C(Nc1cccc(Br)n1)c1cc(Cl)ccc1NS(=O)(=O)c1ccc(Oc2ccccc2Cl)cc1. The van der Waals surface area contributed by atoms with Crippen LogP contribution in [-0.2, 0) is 10.0 Å². The first-order chi connectivity index (χ1) is 16.7. The number of nitrogens with one attached hydrogen (secondary N) is 2. The zero-order valence-electron chi connectivity index (χ0n) is 17.7. The van der Waals surface area contributed by atoms with Gasteiger partial charge in [0.25, 0.3) is 15.9 Å². The van der Waals surface area contributed by atoms with Crippen molar-refractivity contribution < 1.29 is 17.9 Å². The summed E-state index contributed by atoms with van der Waals surface area (Å²) in [5.74, 6) is 0.552. The van der Waals surface area contributed by atoms with E-state index in [1.165, 1.54) is 42.5 Å². The summed E-state index contributed by atoms with van der Waals surface area (Å²) in [6.45, 7) is 0. The quantitative estimate of drug-likeness (QED) is 0.225. The Morgan fingerprint density at radius 1 is 0.914 bits per heavy atom. The number of sulfonamides is 1. The van der Waals surface area contributed by atoms with E-state index in [0.717, 1.165) is 0 Å². The molecular formula is C24H16BrCl2N3O4S. The Hall–Kier alpha value is -3.11. The second kappa shape index (κ2) is 10.7. The third-order valence-corrected chi connectivity index (χ3v) is 7.00. The van der Waals surface area contributed by atoms with Crippen molar-refractivity contribution >= 4 is 66.6 Å². The molecule has 0 aliphatic heterocycles. The maximum absolute atomic E-state index is 13.0. The number of hydrogen-bond donors (Lipinski definition) is 2. The summed E-state index contributed by atoms with van der Waals surface area (Å²) < 4.78 is 34.7. The summed E-state index contributed by atoms with van der Waals surface area (Å²) >= 11 is 15.4. The van der Waals surface area contributed by atoms with Crippen LogP contribution in [0.4, 0.5) is 11.5 Å². The van der Waals surface area contributed by atoms with Crippen LogP contribution in [0.15, 0.2) is 94.4 Å². The number of halogens is 3. The van der Waals surface area contributed by atoms with Gasteiger partial charge in [0.2, 0.25) is 0 Å². The van der Waals surface area contributed by atoms with E-state index in [4.69, 9.17) is 27.9 Å². The van der Waals surface area contributed by atoms with Gasteiger partial charge < -0.3 is 10.1 Å². The number of rotatable bonds is 7. The van der Waals surface area contributed by atoms with Crippen LogP contribution in [0.25, 0.3) is 0 Å². The average molecular weight is 593 g/mol. The number of hydrogen-bond acceptors (Lipinski definition) is 5. The lowest BCUT2D eigenvalue weighted by Crippen LogP contribution is -2.19. The van der Waals surface area contributed by atoms with Gasteiger partial charge in [-0.2, -0.15) is 0 Å². The molecule has 0 radical (unpaired) electrons. The predicted octanol–water partition coefficient (Wildman–Crippen LogP) is 7.00. The monoisotopic (exact) mass is 591 g/mol. The standard InChI is InChI=1S/C24H16BrCl2N3O4S/c25-22-6-3-7-23(28-22)29-24(31)18-14-15(26)8-13-20(18)30-35(32,33)17-11-9-16(10-12-17)34-21-5-2-1-4-19(21)27/h1-14,30H,(H,28,29,31). The van der Waals surface area contributed by atoms with Crippen LogP contribution in [0, 0.1) is 0 Å². The lowest BCUT2D eigenvalue weighted by atomic mass is 10.1. The van der Waals surface area contributed by atoms with Gasteiger partial charge in [0, 0.05) is 5.02 Å². The Morgan fingerprint density at radius 2 is 1.66 bits per heavy atom. The number of carbonyl (C=O) groups excluding carboxylic acids is 1. The van der Waals surface area contributed by atoms with Crippen molar-refractivity contribution in [2.24, 2.45) is 0 Å². The average Bonchev–Trinajstić information content (AvgIpc) is 2.82. The molecule has 1 aromatic heterocycles. The fraction of sp³-hybridized carbons (Fsp3) is 0. The number of carbonyl (C=O) groups is 1. The molecule has 1 heterocycles. The minimum absolute atomic E-state index is 0.0287. The second-order valence-corrected chi connectivity index (χ2v) is 10.4. The lowest BCUT2D eigenvalue weighted by molar-refractivity contribution is 0.102. The normalized spacial score (nSPS) is 11.1. The van der Waals surface area contributed by atoms with E-state index in [1.54, 1.807) is 42.5 Å². The van der Waals surface area contributed by atoms with E-state index in [0.29, 0.717) is 21.1 Å². The highest BCUT2D eigenvalue weighted by Crippen LogP contribution is 2.30. The van der Waals surface area contributed by atoms with E-state index < -0.39 is 15.9 Å². The molecule has 7 nitrogen and oxygen atoms in total. The highest BCUT2D eigenvalue weighted by molar-refractivity contribution is 9.10. The van der Waals surface area contributed by atoms with Gasteiger partial charge in [-0.1, -0.05) is 41.4 Å². The molecule has 0 bridgehead atoms.